The predicted octanol–water partition coefficient (Wildman–Crippen LogP) is 2.30. The molecule has 0 aliphatic carbocycles. The first-order valence-electron chi connectivity index (χ1n) is 5.25. The van der Waals surface area contributed by atoms with E-state index in [0.29, 0.717) is 10.7 Å². The molecule has 0 bridgehead atoms. The lowest BCUT2D eigenvalue weighted by molar-refractivity contribution is 0.100. The third kappa shape index (κ3) is 2.92. The summed E-state index contributed by atoms with van der Waals surface area (Å²) in [4.78, 5) is 15.1. The Morgan fingerprint density at radius 2 is 2.11 bits per heavy atom. The molecule has 0 saturated carbocycles. The molecular formula is C12H10ClFN4O. The van der Waals surface area contributed by atoms with Gasteiger partial charge in [-0.15, -0.1) is 0 Å². The molecule has 0 aliphatic heterocycles. The number of rotatable bonds is 3. The van der Waals surface area contributed by atoms with E-state index in [1.807, 2.05) is 0 Å². The highest BCUT2D eigenvalue weighted by molar-refractivity contribution is 6.33. The molecule has 1 aromatic heterocycles. The van der Waals surface area contributed by atoms with Crippen LogP contribution in [-0.2, 0) is 0 Å². The number of hydrogen-bond donors (Lipinski definition) is 3. The zero-order valence-electron chi connectivity index (χ0n) is 9.65. The molecule has 98 valence electrons. The van der Waals surface area contributed by atoms with Gasteiger partial charge in [-0.25, -0.2) is 9.37 Å². The molecule has 7 heteroatoms. The fourth-order valence-electron chi connectivity index (χ4n) is 1.48. The highest BCUT2D eigenvalue weighted by Crippen LogP contribution is 2.26. The van der Waals surface area contributed by atoms with Gasteiger partial charge >= 0.3 is 0 Å². The Bertz CT molecular complexity index is 648. The largest absolute Gasteiger partial charge is 0.397 e. The van der Waals surface area contributed by atoms with Crippen molar-refractivity contribution in [2.45, 2.75) is 0 Å². The van der Waals surface area contributed by atoms with Gasteiger partial charge < -0.3 is 16.8 Å². The summed E-state index contributed by atoms with van der Waals surface area (Å²) in [6, 6.07) is 5.23. The summed E-state index contributed by atoms with van der Waals surface area (Å²) < 4.78 is 13.1. The maximum absolute atomic E-state index is 13.1. The van der Waals surface area contributed by atoms with Gasteiger partial charge in [-0.1, -0.05) is 11.6 Å². The van der Waals surface area contributed by atoms with Crippen LogP contribution in [0.4, 0.5) is 21.6 Å². The van der Waals surface area contributed by atoms with Crippen LogP contribution in [0.1, 0.15) is 10.4 Å². The Morgan fingerprint density at radius 1 is 1.37 bits per heavy atom. The van der Waals surface area contributed by atoms with Crippen molar-refractivity contribution >= 4 is 34.7 Å². The number of primary amides is 1. The number of nitrogen functional groups attached to an aromatic ring is 1. The first-order valence-corrected chi connectivity index (χ1v) is 5.62. The van der Waals surface area contributed by atoms with Crippen LogP contribution in [0.5, 0.6) is 0 Å². The van der Waals surface area contributed by atoms with E-state index in [9.17, 15) is 9.18 Å². The summed E-state index contributed by atoms with van der Waals surface area (Å²) in [5, 5.41) is 3.11. The van der Waals surface area contributed by atoms with Crippen LogP contribution in [0.3, 0.4) is 0 Å². The summed E-state index contributed by atoms with van der Waals surface area (Å²) in [6.45, 7) is 0. The highest BCUT2D eigenvalue weighted by atomic mass is 35.5. The molecule has 2 aromatic rings. The van der Waals surface area contributed by atoms with Crippen molar-refractivity contribution in [3.63, 3.8) is 0 Å². The monoisotopic (exact) mass is 280 g/mol. The lowest BCUT2D eigenvalue weighted by atomic mass is 10.2. The van der Waals surface area contributed by atoms with E-state index in [2.05, 4.69) is 10.3 Å². The molecule has 5 nitrogen and oxygen atoms in total. The summed E-state index contributed by atoms with van der Waals surface area (Å²) in [5.41, 5.74) is 11.4. The molecular weight excluding hydrogens is 271 g/mol. The summed E-state index contributed by atoms with van der Waals surface area (Å²) in [6.07, 6.45) is 1.29. The molecule has 0 unspecified atom stereocenters. The van der Waals surface area contributed by atoms with E-state index in [1.54, 1.807) is 0 Å². The Morgan fingerprint density at radius 3 is 2.79 bits per heavy atom. The van der Waals surface area contributed by atoms with Crippen LogP contribution < -0.4 is 16.8 Å². The third-order valence-corrected chi connectivity index (χ3v) is 2.72. The molecule has 0 fully saturated rings. The van der Waals surface area contributed by atoms with Crippen LogP contribution in [0, 0.1) is 5.82 Å². The summed E-state index contributed by atoms with van der Waals surface area (Å²) >= 11 is 5.91. The normalized spacial score (nSPS) is 10.2. The molecule has 0 atom stereocenters. The van der Waals surface area contributed by atoms with Crippen molar-refractivity contribution in [3.05, 3.63) is 46.9 Å². The van der Waals surface area contributed by atoms with E-state index < -0.39 is 11.7 Å². The number of carbonyl (C=O) groups excluding carboxylic acids is 1. The third-order valence-electron chi connectivity index (χ3n) is 2.39. The minimum atomic E-state index is -0.673. The zero-order chi connectivity index (χ0) is 14.0. The molecule has 19 heavy (non-hydrogen) atoms. The number of benzene rings is 1. The Balaban J connectivity index is 2.36. The predicted molar refractivity (Wildman–Crippen MR) is 71.9 cm³/mol. The maximum Gasteiger partial charge on any atom is 0.250 e. The molecule has 0 spiro atoms. The average Bonchev–Trinajstić information content (AvgIpc) is 2.36. The number of nitrogens with one attached hydrogen (secondary N) is 1. The van der Waals surface area contributed by atoms with Gasteiger partial charge in [0.2, 0.25) is 0 Å². The minimum absolute atomic E-state index is 0.130. The number of halogens is 2. The van der Waals surface area contributed by atoms with Crippen LogP contribution in [0.25, 0.3) is 0 Å². The van der Waals surface area contributed by atoms with E-state index in [1.165, 1.54) is 30.5 Å². The standard InChI is InChI=1S/C12H10ClFN4O/c13-8-2-1-6(14)3-10(8)18-11-4-7(12(16)19)9(15)5-17-11/h1-5H,15H2,(H2,16,19)(H,17,18). The van der Waals surface area contributed by atoms with E-state index in [0.717, 1.165) is 0 Å². The molecule has 2 rings (SSSR count). The first kappa shape index (κ1) is 13.1. The van der Waals surface area contributed by atoms with E-state index >= 15 is 0 Å². The quantitative estimate of drug-likeness (QED) is 0.804. The molecule has 0 radical (unpaired) electrons. The molecule has 0 aliphatic rings. The van der Waals surface area contributed by atoms with Gasteiger partial charge in [0.05, 0.1) is 28.2 Å². The van der Waals surface area contributed by atoms with Crippen molar-refractivity contribution < 1.29 is 9.18 Å². The SMILES string of the molecule is NC(=O)c1cc(Nc2cc(F)ccc2Cl)ncc1N. The summed E-state index contributed by atoms with van der Waals surface area (Å²) in [7, 11) is 0. The van der Waals surface area contributed by atoms with Gasteiger partial charge in [-0.05, 0) is 24.3 Å². The molecule has 1 aromatic carbocycles. The number of carbonyl (C=O) groups is 1. The number of anilines is 3. The van der Waals surface area contributed by atoms with Crippen LogP contribution in [0.15, 0.2) is 30.5 Å². The van der Waals surface area contributed by atoms with Gasteiger partial charge in [-0.3, -0.25) is 4.79 Å². The molecule has 1 heterocycles. The van der Waals surface area contributed by atoms with Gasteiger partial charge in [0.1, 0.15) is 11.6 Å². The Hall–Kier alpha value is -2.34. The number of nitrogens with zero attached hydrogens (tertiary/aromatic N) is 1. The lowest BCUT2D eigenvalue weighted by Gasteiger charge is -2.09. The second-order valence-corrected chi connectivity index (χ2v) is 4.18. The highest BCUT2D eigenvalue weighted by Gasteiger charge is 2.09. The number of amides is 1. The van der Waals surface area contributed by atoms with E-state index in [4.69, 9.17) is 23.1 Å². The topological polar surface area (TPSA) is 94.0 Å². The van der Waals surface area contributed by atoms with Crippen LogP contribution in [-0.4, -0.2) is 10.9 Å². The number of aromatic nitrogens is 1. The fourth-order valence-corrected chi connectivity index (χ4v) is 1.64. The number of hydrogen-bond acceptors (Lipinski definition) is 4. The number of nitrogens with two attached hydrogens (primary N) is 2. The Labute approximate surface area is 113 Å². The number of pyridine rings is 1. The first-order chi connectivity index (χ1) is 8.97. The second-order valence-electron chi connectivity index (χ2n) is 3.77. The Kier molecular flexibility index (Phi) is 3.52. The van der Waals surface area contributed by atoms with E-state index in [-0.39, 0.29) is 17.1 Å². The second kappa shape index (κ2) is 5.11. The van der Waals surface area contributed by atoms with Gasteiger partial charge in [0, 0.05) is 0 Å². The maximum atomic E-state index is 13.1. The zero-order valence-corrected chi connectivity index (χ0v) is 10.4. The van der Waals surface area contributed by atoms with Crippen molar-refractivity contribution in [1.29, 1.82) is 0 Å². The van der Waals surface area contributed by atoms with Gasteiger partial charge in [-0.2, -0.15) is 0 Å². The summed E-state index contributed by atoms with van der Waals surface area (Å²) in [5.74, 6) is -0.832. The van der Waals surface area contributed by atoms with Crippen molar-refractivity contribution in [2.24, 2.45) is 5.73 Å². The molecule has 1 amide bonds. The van der Waals surface area contributed by atoms with Crippen molar-refractivity contribution in [1.82, 2.24) is 4.98 Å². The smallest absolute Gasteiger partial charge is 0.250 e. The van der Waals surface area contributed by atoms with Crippen LogP contribution in [0.2, 0.25) is 5.02 Å². The lowest BCUT2D eigenvalue weighted by Crippen LogP contribution is -2.14. The van der Waals surface area contributed by atoms with Gasteiger partial charge in [0.15, 0.2) is 0 Å². The van der Waals surface area contributed by atoms with Gasteiger partial charge in [0.25, 0.3) is 5.91 Å². The molecule has 0 saturated heterocycles. The van der Waals surface area contributed by atoms with Crippen molar-refractivity contribution in [2.75, 3.05) is 11.1 Å². The van der Waals surface area contributed by atoms with Crippen molar-refractivity contribution in [3.8, 4) is 0 Å². The minimum Gasteiger partial charge on any atom is -0.397 e. The average molecular weight is 281 g/mol. The molecule has 5 N–H and O–H groups in total. The van der Waals surface area contributed by atoms with Crippen LogP contribution >= 0.6 is 11.6 Å². The fraction of sp³-hybridized carbons (Fsp3) is 0.